The second kappa shape index (κ2) is 13.2. The zero-order chi connectivity index (χ0) is 19.7. The Morgan fingerprint density at radius 2 is 2.04 bits per heavy atom. The monoisotopic (exact) mass is 563 g/mol. The minimum Gasteiger partial charge on any atom is -0.356 e. The van der Waals surface area contributed by atoms with E-state index in [4.69, 9.17) is 11.6 Å². The third kappa shape index (κ3) is 8.70. The van der Waals surface area contributed by atoms with Crippen LogP contribution in [0.4, 0.5) is 0 Å². The first kappa shape index (κ1) is 25.9. The predicted molar refractivity (Wildman–Crippen MR) is 129 cm³/mol. The molecular formula is C17H31ClIN5O2S2. The Hall–Kier alpha value is -0.140. The van der Waals surface area contributed by atoms with E-state index in [1.165, 1.54) is 31.9 Å². The zero-order valence-corrected chi connectivity index (χ0v) is 21.1. The number of hydrogen-bond donors (Lipinski definition) is 3. The van der Waals surface area contributed by atoms with Crippen LogP contribution >= 0.6 is 46.9 Å². The van der Waals surface area contributed by atoms with Crippen molar-refractivity contribution < 1.29 is 8.42 Å². The van der Waals surface area contributed by atoms with E-state index in [2.05, 4.69) is 32.2 Å². The van der Waals surface area contributed by atoms with Crippen molar-refractivity contribution in [3.05, 3.63) is 16.5 Å². The Morgan fingerprint density at radius 3 is 2.68 bits per heavy atom. The lowest BCUT2D eigenvalue weighted by atomic mass is 10.0. The summed E-state index contributed by atoms with van der Waals surface area (Å²) in [6, 6.07) is 3.77. The van der Waals surface area contributed by atoms with E-state index in [1.54, 1.807) is 13.1 Å². The highest BCUT2D eigenvalue weighted by Crippen LogP contribution is 2.25. The molecule has 2 rings (SSSR count). The third-order valence-electron chi connectivity index (χ3n) is 4.60. The summed E-state index contributed by atoms with van der Waals surface area (Å²) < 4.78 is 27.5. The summed E-state index contributed by atoms with van der Waals surface area (Å²) in [4.78, 5) is 6.72. The fraction of sp³-hybridized carbons (Fsp3) is 0.706. The van der Waals surface area contributed by atoms with Crippen molar-refractivity contribution >= 4 is 62.9 Å². The number of rotatable bonds is 9. The van der Waals surface area contributed by atoms with Crippen molar-refractivity contribution in [2.45, 2.75) is 42.9 Å². The number of thiophene rings is 1. The lowest BCUT2D eigenvalue weighted by molar-refractivity contribution is 0.159. The largest absolute Gasteiger partial charge is 0.356 e. The molecule has 1 aliphatic rings. The molecule has 0 spiro atoms. The lowest BCUT2D eigenvalue weighted by Crippen LogP contribution is -2.43. The minimum atomic E-state index is -3.50. The Balaban J connectivity index is 0.00000392. The second-order valence-corrected chi connectivity index (χ2v) is 10.3. The van der Waals surface area contributed by atoms with Gasteiger partial charge < -0.3 is 15.5 Å². The maximum Gasteiger partial charge on any atom is 0.250 e. The summed E-state index contributed by atoms with van der Waals surface area (Å²) in [5.74, 6) is 0.681. The number of nitrogens with zero attached hydrogens (tertiary/aromatic N) is 2. The van der Waals surface area contributed by atoms with Crippen LogP contribution in [-0.2, 0) is 10.0 Å². The number of aliphatic imine (C=N–C) groups is 1. The first-order valence-electron chi connectivity index (χ1n) is 9.36. The van der Waals surface area contributed by atoms with E-state index in [1.807, 2.05) is 0 Å². The Morgan fingerprint density at radius 1 is 1.29 bits per heavy atom. The molecule has 162 valence electrons. The Bertz CT molecular complexity index is 714. The van der Waals surface area contributed by atoms with Crippen LogP contribution in [0.3, 0.4) is 0 Å². The molecule has 0 aliphatic carbocycles. The van der Waals surface area contributed by atoms with Gasteiger partial charge >= 0.3 is 0 Å². The van der Waals surface area contributed by atoms with Crippen molar-refractivity contribution in [2.75, 3.05) is 39.8 Å². The maximum absolute atomic E-state index is 12.1. The number of sulfonamides is 1. The molecule has 0 radical (unpaired) electrons. The molecule has 0 bridgehead atoms. The summed E-state index contributed by atoms with van der Waals surface area (Å²) >= 11 is 6.84. The summed E-state index contributed by atoms with van der Waals surface area (Å²) in [5, 5.41) is 6.40. The molecule has 1 atom stereocenters. The highest BCUT2D eigenvalue weighted by atomic mass is 127. The van der Waals surface area contributed by atoms with Crippen LogP contribution in [0.5, 0.6) is 0 Å². The van der Waals surface area contributed by atoms with Gasteiger partial charge in [-0.15, -0.1) is 35.3 Å². The van der Waals surface area contributed by atoms with E-state index >= 15 is 0 Å². The molecule has 1 saturated heterocycles. The molecule has 2 heterocycles. The van der Waals surface area contributed by atoms with Crippen LogP contribution in [0.2, 0.25) is 4.34 Å². The third-order valence-corrected chi connectivity index (χ3v) is 7.79. The quantitative estimate of drug-likeness (QED) is 0.186. The summed E-state index contributed by atoms with van der Waals surface area (Å²) in [5.41, 5.74) is 0. The highest BCUT2D eigenvalue weighted by Gasteiger charge is 2.17. The minimum absolute atomic E-state index is 0. The van der Waals surface area contributed by atoms with Crippen molar-refractivity contribution in [3.8, 4) is 0 Å². The predicted octanol–water partition coefficient (Wildman–Crippen LogP) is 2.73. The van der Waals surface area contributed by atoms with Gasteiger partial charge in [0.25, 0.3) is 0 Å². The first-order chi connectivity index (χ1) is 12.9. The van der Waals surface area contributed by atoms with Gasteiger partial charge in [0.05, 0.1) is 4.34 Å². The highest BCUT2D eigenvalue weighted by molar-refractivity contribution is 14.0. The molecule has 0 amide bonds. The number of hydrogen-bond acceptors (Lipinski definition) is 5. The molecule has 1 aliphatic heterocycles. The lowest BCUT2D eigenvalue weighted by Gasteiger charge is -2.33. The van der Waals surface area contributed by atoms with Crippen LogP contribution in [0, 0.1) is 0 Å². The number of likely N-dealkylation sites (tertiary alicyclic amines) is 1. The van der Waals surface area contributed by atoms with Gasteiger partial charge in [0.15, 0.2) is 5.96 Å². The SMILES string of the molecule is CN=C(NCCCN1CCCCC1C)NCCNS(=O)(=O)c1ccc(Cl)s1.I. The first-order valence-corrected chi connectivity index (χ1v) is 12.0. The van der Waals surface area contributed by atoms with Gasteiger partial charge in [0, 0.05) is 39.3 Å². The number of nitrogens with one attached hydrogen (secondary N) is 3. The molecule has 1 fully saturated rings. The van der Waals surface area contributed by atoms with E-state index in [0.717, 1.165) is 30.8 Å². The molecule has 3 N–H and O–H groups in total. The fourth-order valence-electron chi connectivity index (χ4n) is 3.08. The fourth-order valence-corrected chi connectivity index (χ4v) is 5.64. The molecule has 1 unspecified atom stereocenters. The summed E-state index contributed by atoms with van der Waals surface area (Å²) in [6.07, 6.45) is 4.99. The van der Waals surface area contributed by atoms with E-state index < -0.39 is 10.0 Å². The molecule has 1 aromatic rings. The van der Waals surface area contributed by atoms with Crippen LogP contribution in [0.25, 0.3) is 0 Å². The smallest absolute Gasteiger partial charge is 0.250 e. The van der Waals surface area contributed by atoms with Crippen LogP contribution in [0.1, 0.15) is 32.6 Å². The summed E-state index contributed by atoms with van der Waals surface area (Å²) in [6.45, 7) is 6.14. The Labute approximate surface area is 194 Å². The molecule has 0 aromatic carbocycles. The van der Waals surface area contributed by atoms with Gasteiger partial charge in [-0.25, -0.2) is 13.1 Å². The normalized spacial score (nSPS) is 18.5. The van der Waals surface area contributed by atoms with Gasteiger partial charge in [0.1, 0.15) is 4.21 Å². The number of halogens is 2. The van der Waals surface area contributed by atoms with Crippen LogP contribution < -0.4 is 15.4 Å². The Kier molecular flexibility index (Phi) is 12.2. The van der Waals surface area contributed by atoms with Crippen LogP contribution in [-0.4, -0.2) is 65.1 Å². The van der Waals surface area contributed by atoms with E-state index in [-0.39, 0.29) is 34.7 Å². The average Bonchev–Trinajstić information content (AvgIpc) is 3.09. The van der Waals surface area contributed by atoms with Crippen molar-refractivity contribution in [3.63, 3.8) is 0 Å². The van der Waals surface area contributed by atoms with Crippen molar-refractivity contribution in [1.82, 2.24) is 20.3 Å². The number of guanidine groups is 1. The van der Waals surface area contributed by atoms with Gasteiger partial charge in [-0.2, -0.15) is 0 Å². The van der Waals surface area contributed by atoms with Crippen molar-refractivity contribution in [1.29, 1.82) is 0 Å². The average molecular weight is 564 g/mol. The molecular weight excluding hydrogens is 533 g/mol. The standard InChI is InChI=1S/C17H30ClN5O2S2.HI/c1-14-6-3-4-12-23(14)13-5-9-20-17(19-2)21-10-11-22-27(24,25)16-8-7-15(18)26-16;/h7-8,14,22H,3-6,9-13H2,1-2H3,(H2,19,20,21);1H. The van der Waals surface area contributed by atoms with Gasteiger partial charge in [-0.05, 0) is 44.9 Å². The molecule has 28 heavy (non-hydrogen) atoms. The zero-order valence-electron chi connectivity index (χ0n) is 16.4. The van der Waals surface area contributed by atoms with E-state index in [0.29, 0.717) is 22.9 Å². The molecule has 0 saturated carbocycles. The topological polar surface area (TPSA) is 85.8 Å². The number of piperidine rings is 1. The van der Waals surface area contributed by atoms with Crippen LogP contribution in [0.15, 0.2) is 21.3 Å². The van der Waals surface area contributed by atoms with Crippen molar-refractivity contribution in [2.24, 2.45) is 4.99 Å². The maximum atomic E-state index is 12.1. The van der Waals surface area contributed by atoms with Gasteiger partial charge in [0.2, 0.25) is 10.0 Å². The van der Waals surface area contributed by atoms with Gasteiger partial charge in [-0.1, -0.05) is 18.0 Å². The van der Waals surface area contributed by atoms with E-state index in [9.17, 15) is 8.42 Å². The molecule has 1 aromatic heterocycles. The summed E-state index contributed by atoms with van der Waals surface area (Å²) in [7, 11) is -1.80. The molecule has 11 heteroatoms. The molecule has 7 nitrogen and oxygen atoms in total. The second-order valence-electron chi connectivity index (χ2n) is 6.62. The van der Waals surface area contributed by atoms with Gasteiger partial charge in [-0.3, -0.25) is 4.99 Å².